The lowest BCUT2D eigenvalue weighted by atomic mass is 10.3. The van der Waals surface area contributed by atoms with Crippen LogP contribution in [0.15, 0.2) is 18.3 Å². The van der Waals surface area contributed by atoms with Crippen molar-refractivity contribution < 1.29 is 9.53 Å². The van der Waals surface area contributed by atoms with E-state index < -0.39 is 0 Å². The molecule has 0 aromatic carbocycles. The van der Waals surface area contributed by atoms with Crippen LogP contribution in [-0.2, 0) is 9.53 Å². The summed E-state index contributed by atoms with van der Waals surface area (Å²) in [7, 11) is 1.75. The number of esters is 1. The quantitative estimate of drug-likeness (QED) is 0.738. The molecule has 0 saturated heterocycles. The molecule has 82 valence electrons. The molecule has 15 heavy (non-hydrogen) atoms. The van der Waals surface area contributed by atoms with Gasteiger partial charge < -0.3 is 15.4 Å². The number of nitrogens with zero attached hydrogens (tertiary/aromatic N) is 2. The molecule has 5 nitrogen and oxygen atoms in total. The van der Waals surface area contributed by atoms with Crippen LogP contribution < -0.4 is 10.6 Å². The number of likely N-dealkylation sites (N-methyl/N-ethyl adjacent to an activating group) is 1. The molecule has 0 aliphatic carbocycles. The van der Waals surface area contributed by atoms with Gasteiger partial charge in [0.05, 0.1) is 12.3 Å². The molecule has 0 amide bonds. The predicted molar refractivity (Wildman–Crippen MR) is 58.6 cm³/mol. The number of ether oxygens (including phenoxy) is 1. The maximum atomic E-state index is 11.2. The zero-order chi connectivity index (χ0) is 11.3. The van der Waals surface area contributed by atoms with Crippen molar-refractivity contribution in [1.82, 2.24) is 4.98 Å². The number of nitrogens with two attached hydrogens (primary N) is 1. The molecule has 1 aromatic rings. The van der Waals surface area contributed by atoms with Crippen LogP contribution >= 0.6 is 0 Å². The molecular formula is C10H15N3O2. The number of pyridine rings is 1. The summed E-state index contributed by atoms with van der Waals surface area (Å²) in [5.41, 5.74) is 6.26. The first-order valence-corrected chi connectivity index (χ1v) is 4.72. The smallest absolute Gasteiger partial charge is 0.325 e. The number of anilines is 2. The number of rotatable bonds is 4. The number of carbonyl (C=O) groups is 1. The van der Waals surface area contributed by atoms with Gasteiger partial charge in [0.2, 0.25) is 0 Å². The summed E-state index contributed by atoms with van der Waals surface area (Å²) in [5, 5.41) is 0. The molecule has 0 fully saturated rings. The van der Waals surface area contributed by atoms with Gasteiger partial charge in [-0.3, -0.25) is 4.79 Å². The highest BCUT2D eigenvalue weighted by Gasteiger charge is 2.10. The van der Waals surface area contributed by atoms with Crippen molar-refractivity contribution in [3.05, 3.63) is 18.3 Å². The van der Waals surface area contributed by atoms with Crippen molar-refractivity contribution in [3.63, 3.8) is 0 Å². The molecule has 0 aliphatic heterocycles. The summed E-state index contributed by atoms with van der Waals surface area (Å²) in [6, 6.07) is 3.49. The second-order valence-electron chi connectivity index (χ2n) is 3.08. The minimum Gasteiger partial charge on any atom is -0.465 e. The topological polar surface area (TPSA) is 68.5 Å². The van der Waals surface area contributed by atoms with E-state index in [1.54, 1.807) is 37.2 Å². The molecule has 1 aromatic heterocycles. The van der Waals surface area contributed by atoms with Crippen LogP contribution in [0.4, 0.5) is 11.5 Å². The summed E-state index contributed by atoms with van der Waals surface area (Å²) < 4.78 is 4.82. The second kappa shape index (κ2) is 5.19. The molecule has 5 heteroatoms. The first-order valence-electron chi connectivity index (χ1n) is 4.72. The van der Waals surface area contributed by atoms with Crippen LogP contribution in [0, 0.1) is 0 Å². The van der Waals surface area contributed by atoms with Gasteiger partial charge in [-0.25, -0.2) is 4.98 Å². The third kappa shape index (κ3) is 3.12. The first-order chi connectivity index (χ1) is 7.15. The normalized spacial score (nSPS) is 9.73. The Hall–Kier alpha value is -1.78. The van der Waals surface area contributed by atoms with E-state index in [2.05, 4.69) is 4.98 Å². The number of carbonyl (C=O) groups excluding carboxylic acids is 1. The molecular weight excluding hydrogens is 194 g/mol. The Morgan fingerprint density at radius 2 is 2.40 bits per heavy atom. The van der Waals surface area contributed by atoms with Crippen molar-refractivity contribution in [3.8, 4) is 0 Å². The Bertz CT molecular complexity index is 341. The average molecular weight is 209 g/mol. The number of nitrogen functional groups attached to an aromatic ring is 1. The Labute approximate surface area is 88.9 Å². The van der Waals surface area contributed by atoms with Crippen LogP contribution in [0.1, 0.15) is 6.92 Å². The van der Waals surface area contributed by atoms with E-state index in [1.807, 2.05) is 0 Å². The van der Waals surface area contributed by atoms with Crippen LogP contribution in [-0.4, -0.2) is 31.2 Å². The van der Waals surface area contributed by atoms with Crippen LogP contribution in [0.2, 0.25) is 0 Å². The van der Waals surface area contributed by atoms with Gasteiger partial charge in [0.15, 0.2) is 5.82 Å². The third-order valence-electron chi connectivity index (χ3n) is 1.85. The Kier molecular flexibility index (Phi) is 3.91. The van der Waals surface area contributed by atoms with Crippen LogP contribution in [0.25, 0.3) is 0 Å². The fraction of sp³-hybridized carbons (Fsp3) is 0.400. The van der Waals surface area contributed by atoms with Gasteiger partial charge in [-0.2, -0.15) is 0 Å². The molecule has 0 radical (unpaired) electrons. The van der Waals surface area contributed by atoms with E-state index in [0.717, 1.165) is 0 Å². The first kappa shape index (κ1) is 11.3. The molecule has 0 spiro atoms. The van der Waals surface area contributed by atoms with Crippen molar-refractivity contribution >= 4 is 17.5 Å². The monoisotopic (exact) mass is 209 g/mol. The van der Waals surface area contributed by atoms with Gasteiger partial charge in [-0.05, 0) is 19.1 Å². The third-order valence-corrected chi connectivity index (χ3v) is 1.85. The molecule has 2 N–H and O–H groups in total. The van der Waals surface area contributed by atoms with Crippen LogP contribution in [0.5, 0.6) is 0 Å². The fourth-order valence-electron chi connectivity index (χ4n) is 1.20. The summed E-state index contributed by atoms with van der Waals surface area (Å²) in [6.07, 6.45) is 1.63. The predicted octanol–water partition coefficient (Wildman–Crippen LogP) is 0.663. The SMILES string of the molecule is CCOC(=O)CN(C)c1ncccc1N. The molecule has 0 saturated carbocycles. The minimum absolute atomic E-state index is 0.148. The zero-order valence-electron chi connectivity index (χ0n) is 8.93. The molecule has 0 atom stereocenters. The summed E-state index contributed by atoms with van der Waals surface area (Å²) in [5.74, 6) is 0.301. The van der Waals surface area contributed by atoms with Gasteiger partial charge in [-0.15, -0.1) is 0 Å². The van der Waals surface area contributed by atoms with Crippen molar-refractivity contribution in [2.45, 2.75) is 6.92 Å². The summed E-state index contributed by atoms with van der Waals surface area (Å²) >= 11 is 0. The highest BCUT2D eigenvalue weighted by molar-refractivity contribution is 5.77. The van der Waals surface area contributed by atoms with Gasteiger partial charge in [0, 0.05) is 13.2 Å². The van der Waals surface area contributed by atoms with Crippen molar-refractivity contribution in [2.24, 2.45) is 0 Å². The lowest BCUT2D eigenvalue weighted by molar-refractivity contribution is -0.141. The van der Waals surface area contributed by atoms with E-state index >= 15 is 0 Å². The summed E-state index contributed by atoms with van der Waals surface area (Å²) in [4.78, 5) is 17.0. The van der Waals surface area contributed by atoms with E-state index in [-0.39, 0.29) is 12.5 Å². The molecule has 0 unspecified atom stereocenters. The average Bonchev–Trinajstić information content (AvgIpc) is 2.18. The lowest BCUT2D eigenvalue weighted by Gasteiger charge is -2.18. The Morgan fingerprint density at radius 1 is 1.67 bits per heavy atom. The maximum absolute atomic E-state index is 11.2. The highest BCUT2D eigenvalue weighted by atomic mass is 16.5. The maximum Gasteiger partial charge on any atom is 0.325 e. The Balaban J connectivity index is 2.65. The Morgan fingerprint density at radius 3 is 3.00 bits per heavy atom. The minimum atomic E-state index is -0.287. The largest absolute Gasteiger partial charge is 0.465 e. The van der Waals surface area contributed by atoms with Crippen molar-refractivity contribution in [1.29, 1.82) is 0 Å². The van der Waals surface area contributed by atoms with E-state index in [4.69, 9.17) is 10.5 Å². The molecule has 0 bridgehead atoms. The highest BCUT2D eigenvalue weighted by Crippen LogP contribution is 2.16. The number of hydrogen-bond donors (Lipinski definition) is 1. The van der Waals surface area contributed by atoms with Gasteiger partial charge in [-0.1, -0.05) is 0 Å². The van der Waals surface area contributed by atoms with Crippen molar-refractivity contribution in [2.75, 3.05) is 30.8 Å². The van der Waals surface area contributed by atoms with E-state index in [0.29, 0.717) is 18.1 Å². The van der Waals surface area contributed by atoms with Gasteiger partial charge >= 0.3 is 5.97 Å². The van der Waals surface area contributed by atoms with E-state index in [9.17, 15) is 4.79 Å². The van der Waals surface area contributed by atoms with Gasteiger partial charge in [0.25, 0.3) is 0 Å². The molecule has 1 heterocycles. The standard InChI is InChI=1S/C10H15N3O2/c1-3-15-9(14)7-13(2)10-8(11)5-4-6-12-10/h4-6H,3,7,11H2,1-2H3. The van der Waals surface area contributed by atoms with E-state index in [1.165, 1.54) is 0 Å². The second-order valence-corrected chi connectivity index (χ2v) is 3.08. The molecule has 1 rings (SSSR count). The van der Waals surface area contributed by atoms with Crippen LogP contribution in [0.3, 0.4) is 0 Å². The lowest BCUT2D eigenvalue weighted by Crippen LogP contribution is -2.28. The molecule has 0 aliphatic rings. The zero-order valence-corrected chi connectivity index (χ0v) is 8.93. The summed E-state index contributed by atoms with van der Waals surface area (Å²) in [6.45, 7) is 2.30. The number of aromatic nitrogens is 1. The number of hydrogen-bond acceptors (Lipinski definition) is 5. The fourth-order valence-corrected chi connectivity index (χ4v) is 1.20. The van der Waals surface area contributed by atoms with Gasteiger partial charge in [0.1, 0.15) is 6.54 Å².